The Morgan fingerprint density at radius 2 is 2.33 bits per heavy atom. The van der Waals surface area contributed by atoms with Gasteiger partial charge in [0.1, 0.15) is 11.9 Å². The molecule has 1 N–H and O–H groups in total. The van der Waals surface area contributed by atoms with Crippen LogP contribution in [0.1, 0.15) is 31.6 Å². The Bertz CT molecular complexity index is 643. The van der Waals surface area contributed by atoms with Crippen molar-refractivity contribution in [2.24, 2.45) is 0 Å². The Morgan fingerprint density at radius 3 is 3.05 bits per heavy atom. The highest BCUT2D eigenvalue weighted by atomic mass is 16.5. The molecular formula is C16H19NO4. The minimum absolute atomic E-state index is 0.0765. The van der Waals surface area contributed by atoms with Gasteiger partial charge in [0.2, 0.25) is 5.91 Å². The van der Waals surface area contributed by atoms with Gasteiger partial charge >= 0.3 is 0 Å². The minimum atomic E-state index is -0.327. The Balaban J connectivity index is 1.78. The molecule has 0 unspecified atom stereocenters. The predicted octanol–water partition coefficient (Wildman–Crippen LogP) is 2.80. The number of nitrogens with one attached hydrogen (secondary N) is 1. The quantitative estimate of drug-likeness (QED) is 0.940. The second-order valence-corrected chi connectivity index (χ2v) is 5.26. The predicted molar refractivity (Wildman–Crippen MR) is 78.3 cm³/mol. The fraction of sp³-hybridized carbons (Fsp3) is 0.438. The van der Waals surface area contributed by atoms with Crippen LogP contribution in [0.2, 0.25) is 0 Å². The van der Waals surface area contributed by atoms with Crippen molar-refractivity contribution in [3.8, 4) is 5.75 Å². The van der Waals surface area contributed by atoms with Gasteiger partial charge in [0.05, 0.1) is 13.2 Å². The first-order valence-corrected chi connectivity index (χ1v) is 7.17. The molecule has 2 atom stereocenters. The van der Waals surface area contributed by atoms with E-state index in [0.717, 1.165) is 18.2 Å². The highest BCUT2D eigenvalue weighted by Gasteiger charge is 2.25. The Morgan fingerprint density at radius 1 is 1.48 bits per heavy atom. The van der Waals surface area contributed by atoms with Gasteiger partial charge in [-0.1, -0.05) is 12.1 Å². The van der Waals surface area contributed by atoms with E-state index in [9.17, 15) is 4.79 Å². The van der Waals surface area contributed by atoms with E-state index in [1.54, 1.807) is 7.11 Å². The molecule has 2 heterocycles. The van der Waals surface area contributed by atoms with Crippen LogP contribution in [-0.4, -0.2) is 25.7 Å². The number of fused-ring (bicyclic) bond motifs is 1. The normalized spacial score (nSPS) is 19.6. The molecule has 1 fully saturated rings. The first-order valence-electron chi connectivity index (χ1n) is 7.17. The van der Waals surface area contributed by atoms with Gasteiger partial charge in [-0.15, -0.1) is 0 Å². The lowest BCUT2D eigenvalue weighted by molar-refractivity contribution is -0.130. The van der Waals surface area contributed by atoms with Crippen LogP contribution in [0.4, 0.5) is 0 Å². The SMILES string of the molecule is COc1cccc2cc([C@@H](C)NC(=O)[C@H]3CCCO3)oc12. The van der Waals surface area contributed by atoms with E-state index in [4.69, 9.17) is 13.9 Å². The van der Waals surface area contributed by atoms with Crippen LogP contribution in [-0.2, 0) is 9.53 Å². The molecule has 0 radical (unpaired) electrons. The number of carbonyl (C=O) groups is 1. The molecule has 1 saturated heterocycles. The number of benzene rings is 1. The summed E-state index contributed by atoms with van der Waals surface area (Å²) >= 11 is 0. The molecule has 2 aromatic rings. The van der Waals surface area contributed by atoms with E-state index in [0.29, 0.717) is 23.7 Å². The molecule has 0 spiro atoms. The molecule has 1 amide bonds. The molecule has 0 aliphatic carbocycles. The summed E-state index contributed by atoms with van der Waals surface area (Å²) in [7, 11) is 1.61. The van der Waals surface area contributed by atoms with Crippen molar-refractivity contribution in [2.45, 2.75) is 31.9 Å². The number of methoxy groups -OCH3 is 1. The van der Waals surface area contributed by atoms with E-state index in [2.05, 4.69) is 5.32 Å². The van der Waals surface area contributed by atoms with Crippen molar-refractivity contribution in [2.75, 3.05) is 13.7 Å². The zero-order chi connectivity index (χ0) is 14.8. The van der Waals surface area contributed by atoms with E-state index in [-0.39, 0.29) is 18.1 Å². The van der Waals surface area contributed by atoms with E-state index in [1.807, 2.05) is 31.2 Å². The molecule has 112 valence electrons. The van der Waals surface area contributed by atoms with Gasteiger partial charge in [-0.25, -0.2) is 0 Å². The van der Waals surface area contributed by atoms with Gasteiger partial charge in [0.15, 0.2) is 11.3 Å². The summed E-state index contributed by atoms with van der Waals surface area (Å²) in [5.74, 6) is 1.32. The maximum absolute atomic E-state index is 12.1. The van der Waals surface area contributed by atoms with Crippen molar-refractivity contribution in [1.29, 1.82) is 0 Å². The summed E-state index contributed by atoms with van der Waals surface area (Å²) in [5.41, 5.74) is 0.702. The molecular weight excluding hydrogens is 270 g/mol. The number of carbonyl (C=O) groups excluding carboxylic acids is 1. The highest BCUT2D eigenvalue weighted by Crippen LogP contribution is 2.31. The number of hydrogen-bond donors (Lipinski definition) is 1. The third-order valence-corrected chi connectivity index (χ3v) is 3.75. The molecule has 1 aromatic heterocycles. The highest BCUT2D eigenvalue weighted by molar-refractivity contribution is 5.84. The summed E-state index contributed by atoms with van der Waals surface area (Å²) in [6.07, 6.45) is 1.40. The average molecular weight is 289 g/mol. The summed E-state index contributed by atoms with van der Waals surface area (Å²) < 4.78 is 16.5. The average Bonchev–Trinajstić information content (AvgIpc) is 3.15. The van der Waals surface area contributed by atoms with Crippen LogP contribution < -0.4 is 10.1 Å². The van der Waals surface area contributed by atoms with Crippen molar-refractivity contribution in [1.82, 2.24) is 5.32 Å². The van der Waals surface area contributed by atoms with Gasteiger partial charge in [-0.2, -0.15) is 0 Å². The van der Waals surface area contributed by atoms with Crippen LogP contribution in [0.25, 0.3) is 11.0 Å². The molecule has 21 heavy (non-hydrogen) atoms. The lowest BCUT2D eigenvalue weighted by Crippen LogP contribution is -2.35. The number of para-hydroxylation sites is 1. The molecule has 0 bridgehead atoms. The molecule has 1 aliphatic heterocycles. The zero-order valence-electron chi connectivity index (χ0n) is 12.2. The first-order chi connectivity index (χ1) is 10.2. The fourth-order valence-corrected chi connectivity index (χ4v) is 2.59. The molecule has 0 saturated carbocycles. The van der Waals surface area contributed by atoms with Crippen LogP contribution in [0.3, 0.4) is 0 Å². The summed E-state index contributed by atoms with van der Waals surface area (Å²) in [6.45, 7) is 2.56. The first kappa shape index (κ1) is 13.9. The van der Waals surface area contributed by atoms with Crippen molar-refractivity contribution >= 4 is 16.9 Å². The maximum atomic E-state index is 12.1. The van der Waals surface area contributed by atoms with E-state index in [1.165, 1.54) is 0 Å². The summed E-state index contributed by atoms with van der Waals surface area (Å²) in [6, 6.07) is 7.44. The number of ether oxygens (including phenoxy) is 2. The van der Waals surface area contributed by atoms with Gasteiger partial charge < -0.3 is 19.2 Å². The number of furan rings is 1. The van der Waals surface area contributed by atoms with Crippen LogP contribution in [0.15, 0.2) is 28.7 Å². The van der Waals surface area contributed by atoms with E-state index >= 15 is 0 Å². The molecule has 1 aromatic carbocycles. The Kier molecular flexibility index (Phi) is 3.84. The van der Waals surface area contributed by atoms with Crippen LogP contribution >= 0.6 is 0 Å². The van der Waals surface area contributed by atoms with Gasteiger partial charge in [0, 0.05) is 12.0 Å². The van der Waals surface area contributed by atoms with Gasteiger partial charge in [-0.3, -0.25) is 4.79 Å². The topological polar surface area (TPSA) is 60.7 Å². The third kappa shape index (κ3) is 2.74. The van der Waals surface area contributed by atoms with Crippen molar-refractivity contribution < 1.29 is 18.7 Å². The van der Waals surface area contributed by atoms with Gasteiger partial charge in [0.25, 0.3) is 0 Å². The zero-order valence-corrected chi connectivity index (χ0v) is 12.2. The monoisotopic (exact) mass is 289 g/mol. The molecule has 5 heteroatoms. The Hall–Kier alpha value is -2.01. The fourth-order valence-electron chi connectivity index (χ4n) is 2.59. The lowest BCUT2D eigenvalue weighted by Gasteiger charge is -2.14. The standard InChI is InChI=1S/C16H19NO4/c1-10(17-16(18)13-7-4-8-20-13)14-9-11-5-3-6-12(19-2)15(11)21-14/h3,5-6,9-10,13H,4,7-8H2,1-2H3,(H,17,18)/t10-,13-/m1/s1. The minimum Gasteiger partial charge on any atom is -0.493 e. The number of rotatable bonds is 4. The largest absolute Gasteiger partial charge is 0.493 e. The molecule has 5 nitrogen and oxygen atoms in total. The molecule has 1 aliphatic rings. The smallest absolute Gasteiger partial charge is 0.249 e. The van der Waals surface area contributed by atoms with E-state index < -0.39 is 0 Å². The Labute approximate surface area is 123 Å². The molecule has 3 rings (SSSR count). The summed E-state index contributed by atoms with van der Waals surface area (Å²) in [5, 5.41) is 3.90. The third-order valence-electron chi connectivity index (χ3n) is 3.75. The van der Waals surface area contributed by atoms with Crippen LogP contribution in [0.5, 0.6) is 5.75 Å². The van der Waals surface area contributed by atoms with Crippen molar-refractivity contribution in [3.63, 3.8) is 0 Å². The van der Waals surface area contributed by atoms with Crippen molar-refractivity contribution in [3.05, 3.63) is 30.0 Å². The second-order valence-electron chi connectivity index (χ2n) is 5.26. The van der Waals surface area contributed by atoms with Crippen LogP contribution in [0, 0.1) is 0 Å². The maximum Gasteiger partial charge on any atom is 0.249 e. The van der Waals surface area contributed by atoms with Gasteiger partial charge in [-0.05, 0) is 31.9 Å². The second kappa shape index (κ2) is 5.77. The summed E-state index contributed by atoms with van der Waals surface area (Å²) in [4.78, 5) is 12.1. The lowest BCUT2D eigenvalue weighted by atomic mass is 10.2. The number of hydrogen-bond acceptors (Lipinski definition) is 4. The number of amides is 1.